The first-order valence-corrected chi connectivity index (χ1v) is 8.85. The number of fused-ring (bicyclic) bond motifs is 3. The molecular formula is C18H15BrN2O5. The molecule has 1 amide bonds. The fourth-order valence-electron chi connectivity index (χ4n) is 3.96. The van der Waals surface area contributed by atoms with Crippen LogP contribution in [0.5, 0.6) is 0 Å². The Labute approximate surface area is 157 Å². The number of hydrogen-bond donors (Lipinski definition) is 2. The number of anilines is 1. The van der Waals surface area contributed by atoms with Crippen LogP contribution in [0.4, 0.5) is 5.69 Å². The maximum atomic E-state index is 13.2. The van der Waals surface area contributed by atoms with Gasteiger partial charge in [-0.05, 0) is 24.6 Å². The highest BCUT2D eigenvalue weighted by molar-refractivity contribution is 9.10. The second kappa shape index (κ2) is 5.70. The van der Waals surface area contributed by atoms with Crippen LogP contribution < -0.4 is 11.1 Å². The summed E-state index contributed by atoms with van der Waals surface area (Å²) in [5.74, 6) is -1.43. The fourth-order valence-corrected chi connectivity index (χ4v) is 4.32. The zero-order valence-corrected chi connectivity index (χ0v) is 15.4. The van der Waals surface area contributed by atoms with Crippen LogP contribution in [0.2, 0.25) is 0 Å². The third kappa shape index (κ3) is 2.02. The Hall–Kier alpha value is -2.61. The van der Waals surface area contributed by atoms with Crippen LogP contribution in [0.1, 0.15) is 24.8 Å². The lowest BCUT2D eigenvalue weighted by molar-refractivity contribution is -0.138. The molecule has 7 nitrogen and oxygen atoms in total. The molecule has 2 aliphatic heterocycles. The topological polar surface area (TPSA) is 108 Å². The van der Waals surface area contributed by atoms with Gasteiger partial charge in [0.2, 0.25) is 11.8 Å². The van der Waals surface area contributed by atoms with Crippen molar-refractivity contribution in [2.24, 2.45) is 5.73 Å². The van der Waals surface area contributed by atoms with Crippen molar-refractivity contribution >= 4 is 39.3 Å². The first-order chi connectivity index (χ1) is 12.4. The number of carbonyl (C=O) groups excluding carboxylic acids is 3. The number of nitrogens with two attached hydrogens (primary N) is 1. The summed E-state index contributed by atoms with van der Waals surface area (Å²) in [5, 5.41) is 2.77. The van der Waals surface area contributed by atoms with Crippen LogP contribution in [-0.4, -0.2) is 24.8 Å². The molecule has 8 heteroatoms. The maximum absolute atomic E-state index is 13.2. The monoisotopic (exact) mass is 418 g/mol. The molecule has 26 heavy (non-hydrogen) atoms. The van der Waals surface area contributed by atoms with Gasteiger partial charge in [0.1, 0.15) is 16.7 Å². The molecule has 1 aromatic carbocycles. The second-order valence-corrected chi connectivity index (χ2v) is 7.22. The van der Waals surface area contributed by atoms with Crippen LogP contribution in [0, 0.1) is 0 Å². The summed E-state index contributed by atoms with van der Waals surface area (Å²) >= 11 is 3.39. The van der Waals surface area contributed by atoms with Gasteiger partial charge in [-0.2, -0.15) is 0 Å². The summed E-state index contributed by atoms with van der Waals surface area (Å²) in [5.41, 5.74) is 5.38. The fraction of sp³-hybridized carbons (Fsp3) is 0.278. The molecule has 0 bridgehead atoms. The van der Waals surface area contributed by atoms with Crippen LogP contribution in [0.15, 0.2) is 45.5 Å². The molecule has 3 aliphatic rings. The van der Waals surface area contributed by atoms with Gasteiger partial charge in [-0.1, -0.05) is 15.9 Å². The van der Waals surface area contributed by atoms with E-state index in [1.807, 2.05) is 0 Å². The van der Waals surface area contributed by atoms with Crippen molar-refractivity contribution < 1.29 is 23.9 Å². The van der Waals surface area contributed by atoms with E-state index in [-0.39, 0.29) is 29.2 Å². The third-order valence-corrected chi connectivity index (χ3v) is 5.45. The lowest BCUT2D eigenvalue weighted by atomic mass is 9.65. The van der Waals surface area contributed by atoms with E-state index in [2.05, 4.69) is 21.2 Å². The third-order valence-electron chi connectivity index (χ3n) is 4.96. The van der Waals surface area contributed by atoms with E-state index in [0.717, 1.165) is 0 Å². The predicted molar refractivity (Wildman–Crippen MR) is 94.6 cm³/mol. The summed E-state index contributed by atoms with van der Waals surface area (Å²) < 4.78 is 11.2. The quantitative estimate of drug-likeness (QED) is 0.675. The Morgan fingerprint density at radius 2 is 2.12 bits per heavy atom. The van der Waals surface area contributed by atoms with Gasteiger partial charge in [0.25, 0.3) is 0 Å². The molecule has 1 unspecified atom stereocenters. The van der Waals surface area contributed by atoms with E-state index in [1.54, 1.807) is 18.2 Å². The van der Waals surface area contributed by atoms with E-state index in [0.29, 0.717) is 34.3 Å². The van der Waals surface area contributed by atoms with Crippen molar-refractivity contribution in [2.75, 3.05) is 12.4 Å². The number of ether oxygens (including phenoxy) is 2. The number of rotatable bonds is 1. The molecule has 0 saturated carbocycles. The number of nitrogens with one attached hydrogen (secondary N) is 1. The van der Waals surface area contributed by atoms with Crippen molar-refractivity contribution in [1.29, 1.82) is 0 Å². The first kappa shape index (κ1) is 16.8. The summed E-state index contributed by atoms with van der Waals surface area (Å²) in [6, 6.07) is 5.18. The largest absolute Gasteiger partial charge is 0.465 e. The number of esters is 1. The molecule has 0 fully saturated rings. The van der Waals surface area contributed by atoms with Gasteiger partial charge in [0.15, 0.2) is 5.78 Å². The number of carbonyl (C=O) groups is 3. The van der Waals surface area contributed by atoms with Crippen molar-refractivity contribution in [3.05, 3.63) is 51.0 Å². The Morgan fingerprint density at radius 1 is 1.35 bits per heavy atom. The standard InChI is InChI=1S/C18H15BrN2O5/c1-25-16(23)14-15(20)26-12-4-2-3-11(22)13(12)18(14)9-7-8(19)5-6-10(9)21-17(18)24/h5-7H,2-4,20H2,1H3,(H,21,24). The number of halogens is 1. The number of ketones is 1. The first-order valence-electron chi connectivity index (χ1n) is 8.06. The summed E-state index contributed by atoms with van der Waals surface area (Å²) in [4.78, 5) is 38.7. The Morgan fingerprint density at radius 3 is 2.85 bits per heavy atom. The van der Waals surface area contributed by atoms with Crippen molar-refractivity contribution in [2.45, 2.75) is 24.7 Å². The van der Waals surface area contributed by atoms with Gasteiger partial charge in [0.05, 0.1) is 12.7 Å². The number of hydrogen-bond acceptors (Lipinski definition) is 6. The van der Waals surface area contributed by atoms with Crippen LogP contribution in [0.25, 0.3) is 0 Å². The van der Waals surface area contributed by atoms with Crippen molar-refractivity contribution in [3.8, 4) is 0 Å². The zero-order chi connectivity index (χ0) is 18.6. The zero-order valence-electron chi connectivity index (χ0n) is 13.8. The molecule has 0 saturated heterocycles. The second-order valence-electron chi connectivity index (χ2n) is 6.30. The summed E-state index contributed by atoms with van der Waals surface area (Å²) in [6.45, 7) is 0. The summed E-state index contributed by atoms with van der Waals surface area (Å²) in [6.07, 6.45) is 1.34. The van der Waals surface area contributed by atoms with E-state index in [1.165, 1.54) is 7.11 Å². The van der Waals surface area contributed by atoms with Crippen LogP contribution >= 0.6 is 15.9 Å². The van der Waals surface area contributed by atoms with Gasteiger partial charge in [-0.15, -0.1) is 0 Å². The predicted octanol–water partition coefficient (Wildman–Crippen LogP) is 2.02. The van der Waals surface area contributed by atoms with Gasteiger partial charge in [-0.25, -0.2) is 4.79 Å². The van der Waals surface area contributed by atoms with Gasteiger partial charge < -0.3 is 20.5 Å². The van der Waals surface area contributed by atoms with Gasteiger partial charge >= 0.3 is 5.97 Å². The number of amides is 1. The minimum atomic E-state index is -1.67. The molecule has 0 radical (unpaired) electrons. The van der Waals surface area contributed by atoms with E-state index in [4.69, 9.17) is 15.2 Å². The highest BCUT2D eigenvalue weighted by atomic mass is 79.9. The average Bonchev–Trinajstić information content (AvgIpc) is 2.87. The molecule has 1 aromatic rings. The number of allylic oxidation sites excluding steroid dienone is 1. The molecule has 2 heterocycles. The SMILES string of the molecule is COC(=O)C1=C(N)OC2=C(C(=O)CCC2)C12C(=O)Nc1ccc(Br)cc12. The minimum Gasteiger partial charge on any atom is -0.465 e. The number of benzene rings is 1. The van der Waals surface area contributed by atoms with Crippen molar-refractivity contribution in [3.63, 3.8) is 0 Å². The lowest BCUT2D eigenvalue weighted by Gasteiger charge is -2.38. The molecule has 134 valence electrons. The number of Topliss-reactive ketones (excluding diaryl/α,β-unsaturated/α-hetero) is 1. The summed E-state index contributed by atoms with van der Waals surface area (Å²) in [7, 11) is 1.19. The molecule has 1 atom stereocenters. The van der Waals surface area contributed by atoms with Crippen LogP contribution in [0.3, 0.4) is 0 Å². The molecule has 1 spiro atoms. The highest BCUT2D eigenvalue weighted by Gasteiger charge is 2.61. The average molecular weight is 419 g/mol. The van der Waals surface area contributed by atoms with E-state index >= 15 is 0 Å². The lowest BCUT2D eigenvalue weighted by Crippen LogP contribution is -2.49. The van der Waals surface area contributed by atoms with E-state index in [9.17, 15) is 14.4 Å². The molecule has 3 N–H and O–H groups in total. The number of methoxy groups -OCH3 is 1. The Kier molecular flexibility index (Phi) is 3.69. The molecular weight excluding hydrogens is 404 g/mol. The highest BCUT2D eigenvalue weighted by Crippen LogP contribution is 2.54. The maximum Gasteiger partial charge on any atom is 0.340 e. The minimum absolute atomic E-state index is 0.164. The van der Waals surface area contributed by atoms with Crippen LogP contribution in [-0.2, 0) is 29.3 Å². The normalized spacial score (nSPS) is 24.2. The Bertz CT molecular complexity index is 949. The molecule has 4 rings (SSSR count). The van der Waals surface area contributed by atoms with Gasteiger partial charge in [-0.3, -0.25) is 9.59 Å². The smallest absolute Gasteiger partial charge is 0.340 e. The molecule has 0 aromatic heterocycles. The van der Waals surface area contributed by atoms with Gasteiger partial charge in [0, 0.05) is 28.6 Å². The van der Waals surface area contributed by atoms with Crippen molar-refractivity contribution in [1.82, 2.24) is 0 Å². The Balaban J connectivity index is 2.12. The molecule has 1 aliphatic carbocycles. The van der Waals surface area contributed by atoms with E-state index < -0.39 is 17.3 Å².